The van der Waals surface area contributed by atoms with Crippen molar-refractivity contribution in [1.82, 2.24) is 4.90 Å². The summed E-state index contributed by atoms with van der Waals surface area (Å²) in [7, 11) is 1.73. The first-order chi connectivity index (χ1) is 16.7. The van der Waals surface area contributed by atoms with Crippen LogP contribution in [0.25, 0.3) is 0 Å². The Bertz CT molecular complexity index is 1170. The van der Waals surface area contributed by atoms with Crippen molar-refractivity contribution in [2.75, 3.05) is 18.9 Å². The van der Waals surface area contributed by atoms with E-state index in [2.05, 4.69) is 17.4 Å². The number of hydrogen-bond donors (Lipinski definition) is 1. The zero-order valence-corrected chi connectivity index (χ0v) is 20.3. The topological polar surface area (TPSA) is 32.3 Å². The summed E-state index contributed by atoms with van der Waals surface area (Å²) in [6, 6.07) is 18.6. The normalized spacial score (nSPS) is 13.9. The van der Waals surface area contributed by atoms with Crippen LogP contribution in [0.2, 0.25) is 5.02 Å². The number of anilines is 1. The van der Waals surface area contributed by atoms with Gasteiger partial charge in [0.15, 0.2) is 0 Å². The van der Waals surface area contributed by atoms with E-state index in [1.165, 1.54) is 30.9 Å². The van der Waals surface area contributed by atoms with Gasteiger partial charge in [-0.3, -0.25) is 4.79 Å². The van der Waals surface area contributed by atoms with Crippen LogP contribution in [-0.2, 0) is 19.1 Å². The number of carbonyl (C=O) groups excluding carboxylic acids is 1. The molecule has 184 valence electrons. The van der Waals surface area contributed by atoms with Crippen LogP contribution in [0.15, 0.2) is 66.7 Å². The Labute approximate surface area is 208 Å². The number of amides is 1. The molecule has 0 bridgehead atoms. The van der Waals surface area contributed by atoms with Gasteiger partial charge in [0.05, 0.1) is 11.1 Å². The Balaban J connectivity index is 1.57. The highest BCUT2D eigenvalue weighted by Crippen LogP contribution is 2.36. The largest absolute Gasteiger partial charge is 0.416 e. The highest BCUT2D eigenvalue weighted by Gasteiger charge is 2.30. The summed E-state index contributed by atoms with van der Waals surface area (Å²) in [4.78, 5) is 15.3. The Morgan fingerprint density at radius 3 is 2.40 bits per heavy atom. The van der Waals surface area contributed by atoms with Gasteiger partial charge in [-0.25, -0.2) is 0 Å². The fourth-order valence-corrected chi connectivity index (χ4v) is 4.53. The molecule has 1 saturated carbocycles. The summed E-state index contributed by atoms with van der Waals surface area (Å²) < 4.78 is 39.5. The van der Waals surface area contributed by atoms with Gasteiger partial charge in [0.2, 0.25) is 0 Å². The van der Waals surface area contributed by atoms with Gasteiger partial charge in [-0.2, -0.15) is 13.2 Å². The predicted molar refractivity (Wildman–Crippen MR) is 134 cm³/mol. The van der Waals surface area contributed by atoms with Crippen LogP contribution in [0.3, 0.4) is 0 Å². The lowest BCUT2D eigenvalue weighted by Gasteiger charge is -2.27. The van der Waals surface area contributed by atoms with E-state index < -0.39 is 11.7 Å². The Hall–Kier alpha value is -2.99. The summed E-state index contributed by atoms with van der Waals surface area (Å²) >= 11 is 6.18. The van der Waals surface area contributed by atoms with Crippen LogP contribution in [0.1, 0.15) is 57.8 Å². The van der Waals surface area contributed by atoms with Gasteiger partial charge in [0.1, 0.15) is 0 Å². The molecular weight excluding hydrogens is 473 g/mol. The number of halogens is 4. The fraction of sp³-hybridized carbons (Fsp3) is 0.321. The molecule has 7 heteroatoms. The maximum Gasteiger partial charge on any atom is 0.416 e. The first-order valence-corrected chi connectivity index (χ1v) is 12.1. The van der Waals surface area contributed by atoms with E-state index in [4.69, 9.17) is 11.6 Å². The van der Waals surface area contributed by atoms with E-state index in [-0.39, 0.29) is 12.5 Å². The number of nitrogens with zero attached hydrogens (tertiary/aromatic N) is 1. The highest BCUT2D eigenvalue weighted by molar-refractivity contribution is 6.31. The fourth-order valence-electron chi connectivity index (χ4n) is 4.36. The molecule has 35 heavy (non-hydrogen) atoms. The van der Waals surface area contributed by atoms with Gasteiger partial charge in [-0.1, -0.05) is 60.5 Å². The van der Waals surface area contributed by atoms with E-state index in [0.29, 0.717) is 40.7 Å². The molecule has 3 nitrogen and oxygen atoms in total. The smallest absolute Gasteiger partial charge is 0.387 e. The van der Waals surface area contributed by atoms with Crippen molar-refractivity contribution in [2.45, 2.75) is 44.3 Å². The molecule has 3 aromatic rings. The molecule has 4 rings (SSSR count). The van der Waals surface area contributed by atoms with E-state index in [1.807, 2.05) is 12.1 Å². The molecule has 1 N–H and O–H groups in total. The zero-order chi connectivity index (χ0) is 25.0. The molecule has 0 atom stereocenters. The first-order valence-electron chi connectivity index (χ1n) is 11.8. The molecule has 0 heterocycles. The van der Waals surface area contributed by atoms with Gasteiger partial charge in [-0.05, 0) is 66.1 Å². The van der Waals surface area contributed by atoms with E-state index >= 15 is 0 Å². The van der Waals surface area contributed by atoms with E-state index in [0.717, 1.165) is 17.7 Å². The van der Waals surface area contributed by atoms with Gasteiger partial charge < -0.3 is 10.2 Å². The average molecular weight is 501 g/mol. The van der Waals surface area contributed by atoms with Gasteiger partial charge in [-0.15, -0.1) is 0 Å². The maximum absolute atomic E-state index is 13.6. The van der Waals surface area contributed by atoms with Crippen LogP contribution in [0, 0.1) is 0 Å². The molecule has 0 unspecified atom stereocenters. The number of hydrogen-bond acceptors (Lipinski definition) is 2. The number of rotatable bonds is 8. The summed E-state index contributed by atoms with van der Waals surface area (Å²) in [5.41, 5.74) is 3.19. The van der Waals surface area contributed by atoms with Crippen molar-refractivity contribution in [2.24, 2.45) is 0 Å². The van der Waals surface area contributed by atoms with Gasteiger partial charge in [0, 0.05) is 30.8 Å². The minimum absolute atomic E-state index is 0.230. The van der Waals surface area contributed by atoms with Crippen molar-refractivity contribution >= 4 is 23.2 Å². The minimum atomic E-state index is -4.41. The summed E-state index contributed by atoms with van der Waals surface area (Å²) in [6.07, 6.45) is -0.426. The minimum Gasteiger partial charge on any atom is -0.387 e. The number of carbonyl (C=O) groups is 1. The Kier molecular flexibility index (Phi) is 7.70. The molecule has 0 spiro atoms. The third kappa shape index (κ3) is 6.17. The summed E-state index contributed by atoms with van der Waals surface area (Å²) in [5.74, 6) is 0.388. The lowest BCUT2D eigenvalue weighted by molar-refractivity contribution is -0.137. The molecule has 0 aliphatic heterocycles. The maximum atomic E-state index is 13.6. The van der Waals surface area contributed by atoms with E-state index in [1.54, 1.807) is 36.2 Å². The molecule has 1 amide bonds. The molecule has 0 saturated heterocycles. The third-order valence-corrected chi connectivity index (χ3v) is 6.86. The second kappa shape index (κ2) is 10.7. The molecule has 3 aromatic carbocycles. The monoisotopic (exact) mass is 500 g/mol. The molecule has 0 aromatic heterocycles. The van der Waals surface area contributed by atoms with Crippen LogP contribution in [0.5, 0.6) is 0 Å². The average Bonchev–Trinajstić information content (AvgIpc) is 2.81. The first kappa shape index (κ1) is 25.1. The van der Waals surface area contributed by atoms with Crippen molar-refractivity contribution in [3.05, 3.63) is 99.6 Å². The summed E-state index contributed by atoms with van der Waals surface area (Å²) in [5, 5.41) is 3.46. The molecular formula is C28H28ClF3N2O. The van der Waals surface area contributed by atoms with Crippen molar-refractivity contribution in [3.63, 3.8) is 0 Å². The van der Waals surface area contributed by atoms with E-state index in [9.17, 15) is 18.0 Å². The van der Waals surface area contributed by atoms with Gasteiger partial charge >= 0.3 is 6.18 Å². The number of benzene rings is 3. The van der Waals surface area contributed by atoms with Gasteiger partial charge in [0.25, 0.3) is 5.91 Å². The van der Waals surface area contributed by atoms with Crippen molar-refractivity contribution in [1.29, 1.82) is 0 Å². The van der Waals surface area contributed by atoms with Crippen molar-refractivity contribution < 1.29 is 18.0 Å². The second-order valence-corrected chi connectivity index (χ2v) is 9.42. The van der Waals surface area contributed by atoms with Crippen LogP contribution in [0.4, 0.5) is 18.9 Å². The SMILES string of the molecule is CNc1ccc(Cl)cc1C(=O)N(CCc1cccc(C(F)(F)F)c1)Cc1ccc(C2CCC2)cc1. The number of alkyl halides is 3. The van der Waals surface area contributed by atoms with Crippen LogP contribution in [-0.4, -0.2) is 24.4 Å². The highest BCUT2D eigenvalue weighted by atomic mass is 35.5. The Morgan fingerprint density at radius 1 is 1.03 bits per heavy atom. The molecule has 1 aliphatic carbocycles. The standard InChI is InChI=1S/C28H28ClF3N2O/c1-33-26-13-12-24(29)17-25(26)27(35)34(15-14-19-4-2-7-23(16-19)28(30,31)32)18-20-8-10-22(11-9-20)21-5-3-6-21/h2,4,7-13,16-17,21,33H,3,5-6,14-15,18H2,1H3. The number of nitrogens with one attached hydrogen (secondary N) is 1. The molecule has 0 radical (unpaired) electrons. The summed E-state index contributed by atoms with van der Waals surface area (Å²) in [6.45, 7) is 0.610. The Morgan fingerprint density at radius 2 is 1.77 bits per heavy atom. The quantitative estimate of drug-likeness (QED) is 0.346. The third-order valence-electron chi connectivity index (χ3n) is 6.62. The van der Waals surface area contributed by atoms with Crippen LogP contribution >= 0.6 is 11.6 Å². The zero-order valence-electron chi connectivity index (χ0n) is 19.5. The second-order valence-electron chi connectivity index (χ2n) is 8.98. The van der Waals surface area contributed by atoms with Crippen molar-refractivity contribution in [3.8, 4) is 0 Å². The molecule has 1 aliphatic rings. The lowest BCUT2D eigenvalue weighted by Crippen LogP contribution is -2.33. The molecule has 1 fully saturated rings. The lowest BCUT2D eigenvalue weighted by atomic mass is 9.80. The van der Waals surface area contributed by atoms with Crippen LogP contribution < -0.4 is 5.32 Å². The predicted octanol–water partition coefficient (Wildman–Crippen LogP) is 7.55.